The van der Waals surface area contributed by atoms with Gasteiger partial charge in [-0.3, -0.25) is 4.79 Å². The summed E-state index contributed by atoms with van der Waals surface area (Å²) in [4.78, 5) is 36.0. The Morgan fingerprint density at radius 3 is 2.75 bits per heavy atom. The molecule has 1 aliphatic heterocycles. The number of piperazine rings is 1. The van der Waals surface area contributed by atoms with Crippen molar-refractivity contribution < 1.29 is 9.63 Å². The number of anilines is 1. The number of fused-ring (bicyclic) bond motifs is 2. The first kappa shape index (κ1) is 22.4. The van der Waals surface area contributed by atoms with Crippen LogP contribution >= 0.6 is 11.3 Å². The monoisotopic (exact) mass is 499 g/mol. The van der Waals surface area contributed by atoms with Crippen LogP contribution in [0.3, 0.4) is 0 Å². The lowest BCUT2D eigenvalue weighted by Crippen LogP contribution is -2.49. The molecule has 9 nitrogen and oxygen atoms in total. The SMILES string of the molecule is CCc1cc2c(N3CCN(C(=O)c4cccc(COn5nnc6ccccc65)c4)CC3)ncnc2s1. The third-order valence-corrected chi connectivity index (χ3v) is 7.61. The van der Waals surface area contributed by atoms with Gasteiger partial charge in [-0.15, -0.1) is 16.4 Å². The van der Waals surface area contributed by atoms with Crippen molar-refractivity contribution >= 4 is 44.3 Å². The minimum absolute atomic E-state index is 0.0272. The molecule has 1 saturated heterocycles. The predicted octanol–water partition coefficient (Wildman–Crippen LogP) is 3.59. The minimum Gasteiger partial charge on any atom is -0.390 e. The topological polar surface area (TPSA) is 89.3 Å². The molecule has 0 aliphatic carbocycles. The highest BCUT2D eigenvalue weighted by molar-refractivity contribution is 7.18. The second kappa shape index (κ2) is 9.54. The summed E-state index contributed by atoms with van der Waals surface area (Å²) in [6.45, 7) is 5.18. The zero-order valence-electron chi connectivity index (χ0n) is 19.9. The van der Waals surface area contributed by atoms with E-state index in [1.165, 1.54) is 9.72 Å². The molecule has 10 heteroatoms. The highest BCUT2D eigenvalue weighted by Crippen LogP contribution is 2.31. The van der Waals surface area contributed by atoms with Gasteiger partial charge in [-0.05, 0) is 47.5 Å². The van der Waals surface area contributed by atoms with Crippen molar-refractivity contribution in [3.05, 3.63) is 76.9 Å². The lowest BCUT2D eigenvalue weighted by atomic mass is 10.1. The van der Waals surface area contributed by atoms with E-state index in [0.29, 0.717) is 18.7 Å². The molecule has 3 aromatic heterocycles. The summed E-state index contributed by atoms with van der Waals surface area (Å²) >= 11 is 1.72. The van der Waals surface area contributed by atoms with Gasteiger partial charge in [-0.1, -0.05) is 36.0 Å². The number of hydrogen-bond acceptors (Lipinski definition) is 8. The average Bonchev–Trinajstić information content (AvgIpc) is 3.56. The number of para-hydroxylation sites is 1. The molecule has 4 heterocycles. The maximum atomic E-state index is 13.3. The van der Waals surface area contributed by atoms with E-state index in [1.807, 2.05) is 53.4 Å². The maximum Gasteiger partial charge on any atom is 0.253 e. The van der Waals surface area contributed by atoms with E-state index in [9.17, 15) is 4.79 Å². The van der Waals surface area contributed by atoms with Crippen molar-refractivity contribution in [2.75, 3.05) is 31.1 Å². The summed E-state index contributed by atoms with van der Waals surface area (Å²) in [6, 6.07) is 17.4. The van der Waals surface area contributed by atoms with Crippen LogP contribution in [0.25, 0.3) is 21.3 Å². The highest BCUT2D eigenvalue weighted by atomic mass is 32.1. The fourth-order valence-corrected chi connectivity index (χ4v) is 5.43. The molecule has 0 spiro atoms. The van der Waals surface area contributed by atoms with Gasteiger partial charge >= 0.3 is 0 Å². The van der Waals surface area contributed by atoms with Gasteiger partial charge in [0.2, 0.25) is 0 Å². The van der Waals surface area contributed by atoms with Crippen molar-refractivity contribution in [3.63, 3.8) is 0 Å². The molecule has 2 aromatic carbocycles. The van der Waals surface area contributed by atoms with Gasteiger partial charge in [-0.25, -0.2) is 9.97 Å². The number of hydrogen-bond donors (Lipinski definition) is 0. The van der Waals surface area contributed by atoms with Crippen molar-refractivity contribution in [2.45, 2.75) is 20.0 Å². The fourth-order valence-electron chi connectivity index (χ4n) is 4.50. The Balaban J connectivity index is 1.11. The third kappa shape index (κ3) is 4.24. The summed E-state index contributed by atoms with van der Waals surface area (Å²) in [5, 5.41) is 9.26. The number of rotatable bonds is 6. The smallest absolute Gasteiger partial charge is 0.253 e. The Bertz CT molecular complexity index is 1540. The zero-order chi connectivity index (χ0) is 24.5. The summed E-state index contributed by atoms with van der Waals surface area (Å²) < 4.78 is 0. The van der Waals surface area contributed by atoms with Crippen molar-refractivity contribution in [1.29, 1.82) is 0 Å². The molecule has 1 amide bonds. The fraction of sp³-hybridized carbons (Fsp3) is 0.269. The molecule has 0 bridgehead atoms. The Hall–Kier alpha value is -4.05. The predicted molar refractivity (Wildman–Crippen MR) is 139 cm³/mol. The van der Waals surface area contributed by atoms with Crippen molar-refractivity contribution in [1.82, 2.24) is 30.0 Å². The van der Waals surface area contributed by atoms with Crippen LogP contribution in [-0.4, -0.2) is 62.1 Å². The van der Waals surface area contributed by atoms with Gasteiger partial charge in [0.05, 0.1) is 5.39 Å². The van der Waals surface area contributed by atoms with Crippen LogP contribution in [-0.2, 0) is 13.0 Å². The highest BCUT2D eigenvalue weighted by Gasteiger charge is 2.24. The number of aryl methyl sites for hydroxylation is 1. The van der Waals surface area contributed by atoms with Crippen molar-refractivity contribution in [3.8, 4) is 0 Å². The van der Waals surface area contributed by atoms with Crippen LogP contribution < -0.4 is 9.74 Å². The van der Waals surface area contributed by atoms with E-state index in [1.54, 1.807) is 17.7 Å². The minimum atomic E-state index is 0.0272. The first-order valence-electron chi connectivity index (χ1n) is 12.0. The van der Waals surface area contributed by atoms with E-state index in [4.69, 9.17) is 4.84 Å². The quantitative estimate of drug-likeness (QED) is 0.353. The van der Waals surface area contributed by atoms with Gasteiger partial charge < -0.3 is 14.6 Å². The molecular weight excluding hydrogens is 474 g/mol. The normalized spacial score (nSPS) is 14.0. The average molecular weight is 500 g/mol. The molecule has 0 saturated carbocycles. The van der Waals surface area contributed by atoms with E-state index in [2.05, 4.69) is 38.2 Å². The van der Waals surface area contributed by atoms with Crippen LogP contribution in [0.2, 0.25) is 0 Å². The van der Waals surface area contributed by atoms with E-state index in [0.717, 1.165) is 52.1 Å². The van der Waals surface area contributed by atoms with Crippen molar-refractivity contribution in [2.24, 2.45) is 0 Å². The summed E-state index contributed by atoms with van der Waals surface area (Å²) in [7, 11) is 0. The van der Waals surface area contributed by atoms with Crippen LogP contribution in [0.1, 0.15) is 27.7 Å². The summed E-state index contributed by atoms with van der Waals surface area (Å²) in [5.41, 5.74) is 3.12. The molecule has 36 heavy (non-hydrogen) atoms. The largest absolute Gasteiger partial charge is 0.390 e. The van der Waals surface area contributed by atoms with Gasteiger partial charge in [0, 0.05) is 36.6 Å². The Morgan fingerprint density at radius 1 is 1.03 bits per heavy atom. The maximum absolute atomic E-state index is 13.3. The molecule has 0 atom stereocenters. The second-order valence-electron chi connectivity index (χ2n) is 8.69. The molecule has 1 fully saturated rings. The lowest BCUT2D eigenvalue weighted by Gasteiger charge is -2.35. The molecular formula is C26H25N7O2S. The number of nitrogens with zero attached hydrogens (tertiary/aromatic N) is 7. The van der Waals surface area contributed by atoms with Gasteiger partial charge in [0.25, 0.3) is 5.91 Å². The van der Waals surface area contributed by atoms with E-state index >= 15 is 0 Å². The van der Waals surface area contributed by atoms with Gasteiger partial charge in [-0.2, -0.15) is 0 Å². The number of aromatic nitrogens is 5. The lowest BCUT2D eigenvalue weighted by molar-refractivity contribution is 0.0733. The van der Waals surface area contributed by atoms with E-state index in [-0.39, 0.29) is 12.5 Å². The molecule has 5 aromatic rings. The van der Waals surface area contributed by atoms with Crippen LogP contribution in [0, 0.1) is 0 Å². The number of carbonyl (C=O) groups excluding carboxylic acids is 1. The molecule has 0 radical (unpaired) electrons. The Kier molecular flexibility index (Phi) is 5.94. The molecule has 6 rings (SSSR count). The molecule has 0 N–H and O–H groups in total. The first-order valence-corrected chi connectivity index (χ1v) is 12.8. The van der Waals surface area contributed by atoms with Gasteiger partial charge in [0.15, 0.2) is 0 Å². The molecule has 1 aliphatic rings. The summed E-state index contributed by atoms with van der Waals surface area (Å²) in [5.74, 6) is 0.988. The first-order chi connectivity index (χ1) is 17.7. The standard InChI is InChI=1S/C26H25N7O2S/c1-2-20-15-21-24(27-17-28-25(21)36-20)31-10-12-32(13-11-31)26(34)19-7-5-6-18(14-19)16-35-33-23-9-4-3-8-22(23)29-30-33/h3-9,14-15,17H,2,10-13,16H2,1H3. The van der Waals surface area contributed by atoms with E-state index < -0.39 is 0 Å². The third-order valence-electron chi connectivity index (χ3n) is 6.42. The molecule has 0 unspecified atom stereocenters. The number of carbonyl (C=O) groups is 1. The Morgan fingerprint density at radius 2 is 1.89 bits per heavy atom. The molecule has 182 valence electrons. The summed E-state index contributed by atoms with van der Waals surface area (Å²) in [6.07, 6.45) is 2.63. The number of benzene rings is 2. The second-order valence-corrected chi connectivity index (χ2v) is 9.80. The number of thiophene rings is 1. The zero-order valence-corrected chi connectivity index (χ0v) is 20.7. The number of amides is 1. The van der Waals surface area contributed by atoms with Crippen LogP contribution in [0.4, 0.5) is 5.82 Å². The Labute approximate surface area is 211 Å². The van der Waals surface area contributed by atoms with Gasteiger partial charge in [0.1, 0.15) is 34.6 Å². The van der Waals surface area contributed by atoms with Crippen LogP contribution in [0.5, 0.6) is 0 Å². The van der Waals surface area contributed by atoms with Crippen LogP contribution in [0.15, 0.2) is 60.9 Å².